The smallest absolute Gasteiger partial charge is 0.416 e. The Kier molecular flexibility index (Phi) is 7.01. The molecule has 6 heteroatoms. The van der Waals surface area contributed by atoms with E-state index in [1.165, 1.54) is 12.1 Å². The van der Waals surface area contributed by atoms with Crippen LogP contribution in [0.3, 0.4) is 0 Å². The van der Waals surface area contributed by atoms with E-state index < -0.39 is 11.7 Å². The molecule has 0 aliphatic heterocycles. The molecule has 4 aromatic rings. The number of alkyl halides is 3. The Labute approximate surface area is 201 Å². The number of ether oxygens (including phenoxy) is 1. The standard InChI is InChI=1S/C29H22F3NO2/c1-2-21-7-3-8-22(19-21)9-5-17-33-18-6-12-27(33)28(34)23-10-4-11-26(20-23)35-25-15-13-24(14-16-25)29(30,31)32/h2-16,18-20H,1,17H2/b9-5+. The molecule has 0 fully saturated rings. The maximum absolute atomic E-state index is 13.2. The molecule has 1 aromatic heterocycles. The SMILES string of the molecule is C=Cc1cccc(/C=C/Cn2cccc2C(=O)c2cccc(Oc3ccc(C(F)(F)F)cc3)c2)c1. The number of rotatable bonds is 8. The van der Waals surface area contributed by atoms with Crippen molar-refractivity contribution in [1.82, 2.24) is 4.57 Å². The van der Waals surface area contributed by atoms with E-state index in [9.17, 15) is 18.0 Å². The topological polar surface area (TPSA) is 31.2 Å². The van der Waals surface area contributed by atoms with Crippen LogP contribution in [-0.4, -0.2) is 10.4 Å². The van der Waals surface area contributed by atoms with Gasteiger partial charge in [0.1, 0.15) is 11.5 Å². The van der Waals surface area contributed by atoms with E-state index in [2.05, 4.69) is 6.58 Å². The molecule has 0 saturated heterocycles. The Hall–Kier alpha value is -4.32. The second-order valence-corrected chi connectivity index (χ2v) is 7.80. The minimum atomic E-state index is -4.41. The van der Waals surface area contributed by atoms with Gasteiger partial charge in [-0.2, -0.15) is 13.2 Å². The lowest BCUT2D eigenvalue weighted by atomic mass is 10.1. The van der Waals surface area contributed by atoms with Gasteiger partial charge in [0.05, 0.1) is 11.3 Å². The molecule has 0 atom stereocenters. The lowest BCUT2D eigenvalue weighted by molar-refractivity contribution is -0.137. The van der Waals surface area contributed by atoms with Crippen LogP contribution >= 0.6 is 0 Å². The monoisotopic (exact) mass is 473 g/mol. The van der Waals surface area contributed by atoms with Gasteiger partial charge in [-0.3, -0.25) is 4.79 Å². The average Bonchev–Trinajstić information content (AvgIpc) is 3.32. The molecule has 0 radical (unpaired) electrons. The van der Waals surface area contributed by atoms with Gasteiger partial charge < -0.3 is 9.30 Å². The maximum Gasteiger partial charge on any atom is 0.416 e. The first-order chi connectivity index (χ1) is 16.8. The first kappa shape index (κ1) is 23.8. The van der Waals surface area contributed by atoms with Crippen molar-refractivity contribution in [3.05, 3.63) is 132 Å². The van der Waals surface area contributed by atoms with Crippen molar-refractivity contribution < 1.29 is 22.7 Å². The van der Waals surface area contributed by atoms with Crippen LogP contribution in [0.2, 0.25) is 0 Å². The Bertz CT molecular complexity index is 1370. The number of allylic oxidation sites excluding steroid dienone is 1. The predicted octanol–water partition coefficient (Wildman–Crippen LogP) is 7.89. The highest BCUT2D eigenvalue weighted by Gasteiger charge is 2.30. The summed E-state index contributed by atoms with van der Waals surface area (Å²) in [5.74, 6) is 0.419. The van der Waals surface area contributed by atoms with E-state index in [1.807, 2.05) is 53.2 Å². The van der Waals surface area contributed by atoms with Crippen LogP contribution in [-0.2, 0) is 12.7 Å². The number of carbonyl (C=O) groups is 1. The molecule has 0 aliphatic rings. The second-order valence-electron chi connectivity index (χ2n) is 7.80. The fourth-order valence-electron chi connectivity index (χ4n) is 3.57. The number of hydrogen-bond acceptors (Lipinski definition) is 2. The van der Waals surface area contributed by atoms with Crippen LogP contribution in [0.15, 0.2) is 104 Å². The summed E-state index contributed by atoms with van der Waals surface area (Å²) in [4.78, 5) is 13.2. The summed E-state index contributed by atoms with van der Waals surface area (Å²) < 4.78 is 45.8. The molecule has 0 amide bonds. The number of benzene rings is 3. The summed E-state index contributed by atoms with van der Waals surface area (Å²) in [6.07, 6.45) is 3.17. The minimum absolute atomic E-state index is 0.185. The normalized spacial score (nSPS) is 11.5. The van der Waals surface area contributed by atoms with Crippen molar-refractivity contribution in [2.24, 2.45) is 0 Å². The molecule has 1 heterocycles. The van der Waals surface area contributed by atoms with E-state index in [-0.39, 0.29) is 11.5 Å². The molecule has 35 heavy (non-hydrogen) atoms. The fourth-order valence-corrected chi connectivity index (χ4v) is 3.57. The molecule has 0 unspecified atom stereocenters. The summed E-state index contributed by atoms with van der Waals surface area (Å²) in [6.45, 7) is 4.29. The van der Waals surface area contributed by atoms with E-state index in [4.69, 9.17) is 4.74 Å². The molecular formula is C29H22F3NO2. The third-order valence-electron chi connectivity index (χ3n) is 5.33. The van der Waals surface area contributed by atoms with E-state index in [1.54, 1.807) is 36.4 Å². The lowest BCUT2D eigenvalue weighted by Crippen LogP contribution is -2.09. The molecule has 3 nitrogen and oxygen atoms in total. The number of carbonyl (C=O) groups excluding carboxylic acids is 1. The predicted molar refractivity (Wildman–Crippen MR) is 131 cm³/mol. The van der Waals surface area contributed by atoms with Gasteiger partial charge >= 0.3 is 6.18 Å². The molecule has 4 rings (SSSR count). The number of hydrogen-bond donors (Lipinski definition) is 0. The quantitative estimate of drug-likeness (QED) is 0.244. The largest absolute Gasteiger partial charge is 0.457 e. The van der Waals surface area contributed by atoms with Gasteiger partial charge in [-0.15, -0.1) is 0 Å². The molecule has 0 spiro atoms. The Morgan fingerprint density at radius 3 is 2.37 bits per heavy atom. The van der Waals surface area contributed by atoms with E-state index >= 15 is 0 Å². The number of halogens is 3. The van der Waals surface area contributed by atoms with Gasteiger partial charge in [0.2, 0.25) is 5.78 Å². The summed E-state index contributed by atoms with van der Waals surface area (Å²) >= 11 is 0. The van der Waals surface area contributed by atoms with Crippen LogP contribution in [0.1, 0.15) is 32.7 Å². The molecule has 176 valence electrons. The third-order valence-corrected chi connectivity index (χ3v) is 5.33. The molecular weight excluding hydrogens is 451 g/mol. The lowest BCUT2D eigenvalue weighted by Gasteiger charge is -2.10. The zero-order valence-corrected chi connectivity index (χ0v) is 18.7. The van der Waals surface area contributed by atoms with Gasteiger partial charge in [-0.25, -0.2) is 0 Å². The third kappa shape index (κ3) is 5.98. The first-order valence-corrected chi connectivity index (χ1v) is 10.9. The molecule has 0 bridgehead atoms. The maximum atomic E-state index is 13.2. The van der Waals surface area contributed by atoms with Crippen LogP contribution in [0.25, 0.3) is 12.2 Å². The summed E-state index contributed by atoms with van der Waals surface area (Å²) in [6, 6.07) is 22.5. The van der Waals surface area contributed by atoms with Crippen molar-refractivity contribution in [1.29, 1.82) is 0 Å². The fraction of sp³-hybridized carbons (Fsp3) is 0.0690. The Morgan fingerprint density at radius 2 is 1.63 bits per heavy atom. The number of aromatic nitrogens is 1. The Balaban J connectivity index is 1.47. The summed E-state index contributed by atoms with van der Waals surface area (Å²) in [5.41, 5.74) is 2.24. The first-order valence-electron chi connectivity index (χ1n) is 10.9. The highest BCUT2D eigenvalue weighted by molar-refractivity contribution is 6.08. The number of nitrogens with zero attached hydrogens (tertiary/aromatic N) is 1. The highest BCUT2D eigenvalue weighted by atomic mass is 19.4. The number of ketones is 1. The molecule has 0 N–H and O–H groups in total. The van der Waals surface area contributed by atoms with Crippen molar-refractivity contribution >= 4 is 17.9 Å². The van der Waals surface area contributed by atoms with Crippen LogP contribution in [0, 0.1) is 0 Å². The minimum Gasteiger partial charge on any atom is -0.457 e. The zero-order valence-electron chi connectivity index (χ0n) is 18.7. The molecule has 0 aliphatic carbocycles. The van der Waals surface area contributed by atoms with Crippen molar-refractivity contribution in [2.45, 2.75) is 12.7 Å². The van der Waals surface area contributed by atoms with E-state index in [0.717, 1.165) is 23.3 Å². The molecule has 3 aromatic carbocycles. The second kappa shape index (κ2) is 10.3. The van der Waals surface area contributed by atoms with Gasteiger partial charge in [0.15, 0.2) is 0 Å². The summed E-state index contributed by atoms with van der Waals surface area (Å²) in [7, 11) is 0. The van der Waals surface area contributed by atoms with E-state index in [0.29, 0.717) is 23.6 Å². The van der Waals surface area contributed by atoms with Crippen LogP contribution in [0.5, 0.6) is 11.5 Å². The summed E-state index contributed by atoms with van der Waals surface area (Å²) in [5, 5.41) is 0. The van der Waals surface area contributed by atoms with Crippen molar-refractivity contribution in [3.8, 4) is 11.5 Å². The van der Waals surface area contributed by atoms with Gasteiger partial charge in [-0.05, 0) is 65.7 Å². The highest BCUT2D eigenvalue weighted by Crippen LogP contribution is 2.31. The average molecular weight is 473 g/mol. The van der Waals surface area contributed by atoms with Gasteiger partial charge in [-0.1, -0.05) is 55.1 Å². The Morgan fingerprint density at radius 1 is 0.886 bits per heavy atom. The van der Waals surface area contributed by atoms with Gasteiger partial charge in [0.25, 0.3) is 0 Å². The van der Waals surface area contributed by atoms with Crippen molar-refractivity contribution in [3.63, 3.8) is 0 Å². The zero-order chi connectivity index (χ0) is 24.8. The van der Waals surface area contributed by atoms with Crippen LogP contribution < -0.4 is 4.74 Å². The van der Waals surface area contributed by atoms with Crippen molar-refractivity contribution in [2.75, 3.05) is 0 Å². The van der Waals surface area contributed by atoms with Gasteiger partial charge in [0, 0.05) is 18.3 Å². The van der Waals surface area contributed by atoms with Crippen LogP contribution in [0.4, 0.5) is 13.2 Å². The molecule has 0 saturated carbocycles.